The molecule has 2 heterocycles. The Hall–Kier alpha value is -1.75. The second-order valence-electron chi connectivity index (χ2n) is 7.61. The van der Waals surface area contributed by atoms with Crippen molar-refractivity contribution >= 4 is 17.5 Å². The minimum Gasteiger partial charge on any atom is -0.443 e. The molecule has 0 unspecified atom stereocenters. The molecule has 24 heavy (non-hydrogen) atoms. The maximum absolute atomic E-state index is 12.3. The minimum atomic E-state index is -0.469. The Morgan fingerprint density at radius 1 is 1.29 bits per heavy atom. The molecule has 0 bridgehead atoms. The highest BCUT2D eigenvalue weighted by Gasteiger charge is 2.29. The lowest BCUT2D eigenvalue weighted by Crippen LogP contribution is -2.35. The van der Waals surface area contributed by atoms with Crippen LogP contribution in [0, 0.1) is 0 Å². The maximum Gasteiger partial charge on any atom is 0.414 e. The molecule has 2 aliphatic heterocycles. The van der Waals surface area contributed by atoms with Gasteiger partial charge in [0.15, 0.2) is 0 Å². The van der Waals surface area contributed by atoms with Crippen molar-refractivity contribution in [2.45, 2.75) is 58.1 Å². The van der Waals surface area contributed by atoms with E-state index in [1.807, 2.05) is 26.8 Å². The average molecular weight is 332 g/mol. The monoisotopic (exact) mass is 332 g/mol. The molecule has 0 radical (unpaired) electrons. The van der Waals surface area contributed by atoms with Gasteiger partial charge in [-0.25, -0.2) is 4.79 Å². The molecular formula is C19H28N2O3. The van der Waals surface area contributed by atoms with Crippen molar-refractivity contribution < 1.29 is 14.3 Å². The summed E-state index contributed by atoms with van der Waals surface area (Å²) in [5, 5.41) is 3.62. The van der Waals surface area contributed by atoms with E-state index in [9.17, 15) is 4.79 Å². The fraction of sp³-hybridized carbons (Fsp3) is 0.632. The van der Waals surface area contributed by atoms with Crippen LogP contribution in [0.4, 0.5) is 16.2 Å². The predicted molar refractivity (Wildman–Crippen MR) is 95.8 cm³/mol. The zero-order valence-electron chi connectivity index (χ0n) is 14.9. The molecule has 0 spiro atoms. The standard InChI is InChI=1S/C19H28N2O3/c1-19(2,3)24-18(22)21-10-8-14-13-16(6-7-17(14)21)20-15-5-4-11-23-12-9-15/h6-7,13,15,20H,4-5,8-12H2,1-3H3/t15-/m1/s1. The molecular weight excluding hydrogens is 304 g/mol. The van der Waals surface area contributed by atoms with Gasteiger partial charge in [-0.2, -0.15) is 0 Å². The second kappa shape index (κ2) is 7.01. The first-order chi connectivity index (χ1) is 11.4. The van der Waals surface area contributed by atoms with Crippen LogP contribution in [0.3, 0.4) is 0 Å². The van der Waals surface area contributed by atoms with Crippen LogP contribution < -0.4 is 10.2 Å². The van der Waals surface area contributed by atoms with Crippen LogP contribution in [0.25, 0.3) is 0 Å². The molecule has 1 amide bonds. The molecule has 1 aromatic rings. The lowest BCUT2D eigenvalue weighted by molar-refractivity contribution is 0.0584. The lowest BCUT2D eigenvalue weighted by atomic mass is 10.1. The number of carbonyl (C=O) groups excluding carboxylic acids is 1. The van der Waals surface area contributed by atoms with Gasteiger partial charge in [0.1, 0.15) is 5.60 Å². The zero-order valence-corrected chi connectivity index (χ0v) is 14.9. The molecule has 2 aliphatic rings. The SMILES string of the molecule is CC(C)(C)OC(=O)N1CCc2cc(N[C@@H]3CCCOCC3)ccc21. The van der Waals surface area contributed by atoms with E-state index in [1.165, 1.54) is 5.56 Å². The number of anilines is 2. The van der Waals surface area contributed by atoms with E-state index in [-0.39, 0.29) is 6.09 Å². The third-order valence-corrected chi connectivity index (χ3v) is 4.41. The van der Waals surface area contributed by atoms with Crippen LogP contribution in [0.1, 0.15) is 45.6 Å². The Bertz CT molecular complexity index is 587. The highest BCUT2D eigenvalue weighted by Crippen LogP contribution is 2.32. The van der Waals surface area contributed by atoms with E-state index >= 15 is 0 Å². The number of amides is 1. The topological polar surface area (TPSA) is 50.8 Å². The van der Waals surface area contributed by atoms with Crippen molar-refractivity contribution in [3.8, 4) is 0 Å². The maximum atomic E-state index is 12.3. The van der Waals surface area contributed by atoms with Gasteiger partial charge in [0.2, 0.25) is 0 Å². The van der Waals surface area contributed by atoms with E-state index in [0.717, 1.165) is 50.3 Å². The smallest absolute Gasteiger partial charge is 0.414 e. The molecule has 0 aliphatic carbocycles. The van der Waals surface area contributed by atoms with Gasteiger partial charge in [-0.1, -0.05) is 0 Å². The van der Waals surface area contributed by atoms with Crippen LogP contribution in [0.5, 0.6) is 0 Å². The van der Waals surface area contributed by atoms with Gasteiger partial charge in [-0.15, -0.1) is 0 Å². The van der Waals surface area contributed by atoms with Gasteiger partial charge in [0, 0.05) is 31.5 Å². The Morgan fingerprint density at radius 2 is 2.12 bits per heavy atom. The molecule has 1 saturated heterocycles. The molecule has 5 nitrogen and oxygen atoms in total. The largest absolute Gasteiger partial charge is 0.443 e. The van der Waals surface area contributed by atoms with Crippen molar-refractivity contribution in [3.05, 3.63) is 23.8 Å². The number of carbonyl (C=O) groups is 1. The number of nitrogens with one attached hydrogen (secondary N) is 1. The van der Waals surface area contributed by atoms with Gasteiger partial charge in [-0.3, -0.25) is 4.90 Å². The number of hydrogen-bond acceptors (Lipinski definition) is 4. The van der Waals surface area contributed by atoms with Gasteiger partial charge < -0.3 is 14.8 Å². The van der Waals surface area contributed by atoms with Crippen LogP contribution in [-0.2, 0) is 15.9 Å². The number of nitrogens with zero attached hydrogens (tertiary/aromatic N) is 1. The summed E-state index contributed by atoms with van der Waals surface area (Å²) in [4.78, 5) is 14.1. The molecule has 3 rings (SSSR count). The number of fused-ring (bicyclic) bond motifs is 1. The van der Waals surface area contributed by atoms with Crippen LogP contribution >= 0.6 is 0 Å². The summed E-state index contributed by atoms with van der Waals surface area (Å²) in [5.74, 6) is 0. The van der Waals surface area contributed by atoms with E-state index in [4.69, 9.17) is 9.47 Å². The number of rotatable bonds is 2. The Labute approximate surface area is 144 Å². The van der Waals surface area contributed by atoms with Crippen LogP contribution in [-0.4, -0.2) is 37.5 Å². The molecule has 1 aromatic carbocycles. The highest BCUT2D eigenvalue weighted by atomic mass is 16.6. The summed E-state index contributed by atoms with van der Waals surface area (Å²) in [5.41, 5.74) is 2.84. The summed E-state index contributed by atoms with van der Waals surface area (Å²) in [6.07, 6.45) is 3.90. The summed E-state index contributed by atoms with van der Waals surface area (Å²) in [6.45, 7) is 8.06. The van der Waals surface area contributed by atoms with Gasteiger partial charge in [-0.05, 0) is 70.2 Å². The molecule has 0 aromatic heterocycles. The first-order valence-electron chi connectivity index (χ1n) is 8.90. The number of benzene rings is 1. The zero-order chi connectivity index (χ0) is 17.2. The molecule has 0 saturated carbocycles. The van der Waals surface area contributed by atoms with E-state index in [1.54, 1.807) is 4.90 Å². The minimum absolute atomic E-state index is 0.261. The lowest BCUT2D eigenvalue weighted by Gasteiger charge is -2.25. The van der Waals surface area contributed by atoms with Crippen molar-refractivity contribution in [1.82, 2.24) is 0 Å². The summed E-state index contributed by atoms with van der Waals surface area (Å²) in [6, 6.07) is 6.73. The highest BCUT2D eigenvalue weighted by molar-refractivity contribution is 5.91. The molecule has 1 fully saturated rings. The Balaban J connectivity index is 1.67. The Kier molecular flexibility index (Phi) is 4.99. The number of hydrogen-bond donors (Lipinski definition) is 1. The van der Waals surface area contributed by atoms with Crippen LogP contribution in [0.2, 0.25) is 0 Å². The third-order valence-electron chi connectivity index (χ3n) is 4.41. The normalized spacial score (nSPS) is 21.1. The molecule has 132 valence electrons. The van der Waals surface area contributed by atoms with Gasteiger partial charge in [0.05, 0.1) is 5.69 Å². The van der Waals surface area contributed by atoms with E-state index < -0.39 is 5.60 Å². The first-order valence-corrected chi connectivity index (χ1v) is 8.90. The van der Waals surface area contributed by atoms with E-state index in [0.29, 0.717) is 12.6 Å². The quantitative estimate of drug-likeness (QED) is 0.890. The van der Waals surface area contributed by atoms with Crippen molar-refractivity contribution in [3.63, 3.8) is 0 Å². The fourth-order valence-electron chi connectivity index (χ4n) is 3.28. The first kappa shape index (κ1) is 17.1. The summed E-state index contributed by atoms with van der Waals surface area (Å²) >= 11 is 0. The van der Waals surface area contributed by atoms with Gasteiger partial charge >= 0.3 is 6.09 Å². The van der Waals surface area contributed by atoms with Gasteiger partial charge in [0.25, 0.3) is 0 Å². The van der Waals surface area contributed by atoms with E-state index in [2.05, 4.69) is 17.4 Å². The number of ether oxygens (including phenoxy) is 2. The summed E-state index contributed by atoms with van der Waals surface area (Å²) < 4.78 is 11.0. The second-order valence-corrected chi connectivity index (χ2v) is 7.61. The molecule has 1 atom stereocenters. The van der Waals surface area contributed by atoms with Crippen molar-refractivity contribution in [2.75, 3.05) is 30.0 Å². The molecule has 1 N–H and O–H groups in total. The van der Waals surface area contributed by atoms with Crippen LogP contribution in [0.15, 0.2) is 18.2 Å². The molecule has 5 heteroatoms. The summed E-state index contributed by atoms with van der Waals surface area (Å²) in [7, 11) is 0. The Morgan fingerprint density at radius 3 is 2.92 bits per heavy atom. The average Bonchev–Trinajstić information content (AvgIpc) is 2.75. The third kappa shape index (κ3) is 4.20. The predicted octanol–water partition coefficient (Wildman–Crippen LogP) is 3.97. The fourth-order valence-corrected chi connectivity index (χ4v) is 3.28. The van der Waals surface area contributed by atoms with Crippen molar-refractivity contribution in [1.29, 1.82) is 0 Å². The van der Waals surface area contributed by atoms with Crippen molar-refractivity contribution in [2.24, 2.45) is 0 Å².